The molecular weight excluding hydrogens is 353 g/mol. The quantitative estimate of drug-likeness (QED) is 0.515. The lowest BCUT2D eigenvalue weighted by atomic mass is 9.89. The zero-order valence-electron chi connectivity index (χ0n) is 16.3. The number of fused-ring (bicyclic) bond motifs is 1. The van der Waals surface area contributed by atoms with E-state index in [4.69, 9.17) is 4.74 Å². The molecule has 1 aliphatic heterocycles. The Labute approximate surface area is 166 Å². The number of carbonyl (C=O) groups is 1. The van der Waals surface area contributed by atoms with Crippen molar-refractivity contribution < 1.29 is 13.9 Å². The molecule has 3 nitrogen and oxygen atoms in total. The van der Waals surface area contributed by atoms with Crippen LogP contribution >= 0.6 is 0 Å². The third kappa shape index (κ3) is 4.61. The number of ether oxygens (including phenoxy) is 1. The predicted octanol–water partition coefficient (Wildman–Crippen LogP) is 4.68. The summed E-state index contributed by atoms with van der Waals surface area (Å²) in [6, 6.07) is 12.4. The summed E-state index contributed by atoms with van der Waals surface area (Å²) < 4.78 is 19.0. The Balaban J connectivity index is 1.17. The van der Waals surface area contributed by atoms with E-state index in [-0.39, 0.29) is 17.5 Å². The Morgan fingerprint density at radius 1 is 1.04 bits per heavy atom. The fourth-order valence-corrected chi connectivity index (χ4v) is 4.38. The highest BCUT2D eigenvalue weighted by Crippen LogP contribution is 2.26. The highest BCUT2D eigenvalue weighted by Gasteiger charge is 2.25. The number of aryl methyl sites for hydroxylation is 2. The molecule has 0 spiro atoms. The van der Waals surface area contributed by atoms with Crippen molar-refractivity contribution in [2.75, 3.05) is 26.2 Å². The van der Waals surface area contributed by atoms with Gasteiger partial charge in [0.1, 0.15) is 11.6 Å². The molecule has 4 rings (SSSR count). The van der Waals surface area contributed by atoms with E-state index in [1.165, 1.54) is 42.5 Å². The number of hydrogen-bond donors (Lipinski definition) is 0. The fourth-order valence-electron chi connectivity index (χ4n) is 4.38. The number of carbonyl (C=O) groups excluding carboxylic acids is 1. The SMILES string of the molecule is O=C(c1ccc(F)cc1)C1CCN(CCCOc2ccc3c(c2)CCC3)CC1. The van der Waals surface area contributed by atoms with Gasteiger partial charge in [0.15, 0.2) is 5.78 Å². The number of likely N-dealkylation sites (tertiary alicyclic amines) is 1. The van der Waals surface area contributed by atoms with E-state index in [0.717, 1.165) is 51.3 Å². The molecule has 0 radical (unpaired) electrons. The Kier molecular flexibility index (Phi) is 6.06. The molecule has 1 fully saturated rings. The Hall–Kier alpha value is -2.20. The monoisotopic (exact) mass is 381 g/mol. The standard InChI is InChI=1S/C24H28FNO2/c25-22-8-5-19(6-9-22)24(27)20-11-14-26(15-12-20)13-2-16-28-23-10-7-18-3-1-4-21(18)17-23/h5-10,17,20H,1-4,11-16H2. The van der Waals surface area contributed by atoms with Crippen LogP contribution < -0.4 is 4.74 Å². The molecule has 148 valence electrons. The molecule has 4 heteroatoms. The zero-order valence-corrected chi connectivity index (χ0v) is 16.3. The molecule has 2 aliphatic rings. The fraction of sp³-hybridized carbons (Fsp3) is 0.458. The Morgan fingerprint density at radius 3 is 2.57 bits per heavy atom. The van der Waals surface area contributed by atoms with Crippen molar-refractivity contribution in [1.29, 1.82) is 0 Å². The van der Waals surface area contributed by atoms with Crippen molar-refractivity contribution in [3.63, 3.8) is 0 Å². The number of hydrogen-bond acceptors (Lipinski definition) is 3. The van der Waals surface area contributed by atoms with E-state index >= 15 is 0 Å². The minimum absolute atomic E-state index is 0.0596. The van der Waals surface area contributed by atoms with Gasteiger partial charge in [-0.1, -0.05) is 6.07 Å². The molecule has 1 heterocycles. The van der Waals surface area contributed by atoms with Crippen LogP contribution in [0.25, 0.3) is 0 Å². The lowest BCUT2D eigenvalue weighted by molar-refractivity contribution is 0.0835. The maximum absolute atomic E-state index is 13.0. The van der Waals surface area contributed by atoms with E-state index < -0.39 is 0 Å². The van der Waals surface area contributed by atoms with Crippen molar-refractivity contribution in [2.45, 2.75) is 38.5 Å². The summed E-state index contributed by atoms with van der Waals surface area (Å²) in [6.45, 7) is 3.61. The van der Waals surface area contributed by atoms with Crippen molar-refractivity contribution in [1.82, 2.24) is 4.90 Å². The third-order valence-electron chi connectivity index (χ3n) is 6.04. The van der Waals surface area contributed by atoms with Gasteiger partial charge in [0, 0.05) is 18.0 Å². The molecule has 0 unspecified atom stereocenters. The van der Waals surface area contributed by atoms with Gasteiger partial charge in [-0.25, -0.2) is 4.39 Å². The third-order valence-corrected chi connectivity index (χ3v) is 6.04. The molecule has 0 atom stereocenters. The van der Waals surface area contributed by atoms with Crippen LogP contribution in [0.4, 0.5) is 4.39 Å². The van der Waals surface area contributed by atoms with Crippen LogP contribution in [-0.2, 0) is 12.8 Å². The summed E-state index contributed by atoms with van der Waals surface area (Å²) >= 11 is 0. The van der Waals surface area contributed by atoms with E-state index in [1.807, 2.05) is 0 Å². The van der Waals surface area contributed by atoms with E-state index in [9.17, 15) is 9.18 Å². The van der Waals surface area contributed by atoms with Gasteiger partial charge in [-0.05, 0) is 99.1 Å². The van der Waals surface area contributed by atoms with E-state index in [0.29, 0.717) is 5.56 Å². The van der Waals surface area contributed by atoms with E-state index in [2.05, 4.69) is 23.1 Å². The minimum atomic E-state index is -0.298. The van der Waals surface area contributed by atoms with Gasteiger partial charge in [-0.2, -0.15) is 0 Å². The summed E-state index contributed by atoms with van der Waals surface area (Å²) in [6.07, 6.45) is 6.39. The number of piperidine rings is 1. The number of Topliss-reactive ketones (excluding diaryl/α,β-unsaturated/α-hetero) is 1. The van der Waals surface area contributed by atoms with Crippen molar-refractivity contribution in [2.24, 2.45) is 5.92 Å². The van der Waals surface area contributed by atoms with Crippen LogP contribution in [0.15, 0.2) is 42.5 Å². The largest absolute Gasteiger partial charge is 0.494 e. The number of halogens is 1. The number of ketones is 1. The smallest absolute Gasteiger partial charge is 0.166 e. The molecule has 0 amide bonds. The first-order valence-electron chi connectivity index (χ1n) is 10.5. The highest BCUT2D eigenvalue weighted by molar-refractivity contribution is 5.97. The zero-order chi connectivity index (χ0) is 19.3. The average molecular weight is 381 g/mol. The molecule has 0 aromatic heterocycles. The first-order chi connectivity index (χ1) is 13.7. The van der Waals surface area contributed by atoms with Gasteiger partial charge in [-0.3, -0.25) is 4.79 Å². The lowest BCUT2D eigenvalue weighted by Gasteiger charge is -2.31. The molecule has 0 bridgehead atoms. The van der Waals surface area contributed by atoms with Gasteiger partial charge in [0.2, 0.25) is 0 Å². The van der Waals surface area contributed by atoms with Crippen LogP contribution in [0.5, 0.6) is 5.75 Å². The molecule has 28 heavy (non-hydrogen) atoms. The van der Waals surface area contributed by atoms with Crippen LogP contribution in [0, 0.1) is 11.7 Å². The maximum atomic E-state index is 13.0. The predicted molar refractivity (Wildman–Crippen MR) is 108 cm³/mol. The van der Waals surface area contributed by atoms with Crippen LogP contribution in [-0.4, -0.2) is 36.9 Å². The van der Waals surface area contributed by atoms with Gasteiger partial charge < -0.3 is 9.64 Å². The highest BCUT2D eigenvalue weighted by atomic mass is 19.1. The van der Waals surface area contributed by atoms with Gasteiger partial charge in [0.05, 0.1) is 6.61 Å². The Morgan fingerprint density at radius 2 is 1.79 bits per heavy atom. The van der Waals surface area contributed by atoms with Crippen molar-refractivity contribution >= 4 is 5.78 Å². The Bertz CT molecular complexity index is 810. The summed E-state index contributed by atoms with van der Waals surface area (Å²) in [4.78, 5) is 15.0. The molecule has 1 saturated heterocycles. The molecular formula is C24H28FNO2. The van der Waals surface area contributed by atoms with E-state index in [1.54, 1.807) is 12.1 Å². The van der Waals surface area contributed by atoms with Gasteiger partial charge >= 0.3 is 0 Å². The second-order valence-corrected chi connectivity index (χ2v) is 7.97. The normalized spacial score (nSPS) is 17.5. The summed E-state index contributed by atoms with van der Waals surface area (Å²) in [7, 11) is 0. The molecule has 2 aromatic rings. The summed E-state index contributed by atoms with van der Waals surface area (Å²) in [5.41, 5.74) is 3.55. The average Bonchev–Trinajstić information content (AvgIpc) is 3.20. The second-order valence-electron chi connectivity index (χ2n) is 7.97. The number of rotatable bonds is 7. The first kappa shape index (κ1) is 19.1. The number of benzene rings is 2. The molecule has 1 aliphatic carbocycles. The molecule has 0 saturated carbocycles. The minimum Gasteiger partial charge on any atom is -0.494 e. The number of nitrogens with zero attached hydrogens (tertiary/aromatic N) is 1. The van der Waals surface area contributed by atoms with Crippen LogP contribution in [0.3, 0.4) is 0 Å². The molecule has 2 aromatic carbocycles. The summed E-state index contributed by atoms with van der Waals surface area (Å²) in [5, 5.41) is 0. The topological polar surface area (TPSA) is 29.5 Å². The molecule has 0 N–H and O–H groups in total. The first-order valence-corrected chi connectivity index (χ1v) is 10.5. The lowest BCUT2D eigenvalue weighted by Crippen LogP contribution is -2.37. The van der Waals surface area contributed by atoms with Crippen LogP contribution in [0.2, 0.25) is 0 Å². The maximum Gasteiger partial charge on any atom is 0.166 e. The van der Waals surface area contributed by atoms with Crippen molar-refractivity contribution in [3.8, 4) is 5.75 Å². The second kappa shape index (κ2) is 8.87. The van der Waals surface area contributed by atoms with Crippen molar-refractivity contribution in [3.05, 3.63) is 65.0 Å². The van der Waals surface area contributed by atoms with Gasteiger partial charge in [-0.15, -0.1) is 0 Å². The van der Waals surface area contributed by atoms with Crippen LogP contribution in [0.1, 0.15) is 47.2 Å². The summed E-state index contributed by atoms with van der Waals surface area (Å²) in [5.74, 6) is 0.904. The van der Waals surface area contributed by atoms with Gasteiger partial charge in [0.25, 0.3) is 0 Å².